The average Bonchev–Trinajstić information content (AvgIpc) is 2.36. The first kappa shape index (κ1) is 14.3. The number of nitro benzene ring substituents is 1. The lowest BCUT2D eigenvalue weighted by Crippen LogP contribution is -2.25. The highest BCUT2D eigenvalue weighted by Crippen LogP contribution is 2.15. The van der Waals surface area contributed by atoms with Crippen LogP contribution in [0.4, 0.5) is 5.69 Å². The van der Waals surface area contributed by atoms with E-state index in [-0.39, 0.29) is 23.9 Å². The molecule has 6 nitrogen and oxygen atoms in total. The topological polar surface area (TPSA) is 95.5 Å². The number of Topliss-reactive ketones (excluding diaryl/α,β-unsaturated/α-hetero) is 1. The molecule has 2 N–H and O–H groups in total. The minimum absolute atomic E-state index is 0.0914. The molecule has 18 heavy (non-hydrogen) atoms. The number of nitro groups is 1. The summed E-state index contributed by atoms with van der Waals surface area (Å²) in [5.41, 5.74) is 5.99. The molecule has 6 heteroatoms. The minimum atomic E-state index is -0.526. The van der Waals surface area contributed by atoms with E-state index in [0.717, 1.165) is 0 Å². The van der Waals surface area contributed by atoms with Crippen LogP contribution >= 0.6 is 0 Å². The molecule has 0 saturated heterocycles. The van der Waals surface area contributed by atoms with Crippen LogP contribution in [-0.4, -0.2) is 30.5 Å². The van der Waals surface area contributed by atoms with E-state index in [1.807, 2.05) is 0 Å². The van der Waals surface area contributed by atoms with Gasteiger partial charge in [-0.3, -0.25) is 14.9 Å². The SMILES string of the molecule is COCCC(N)CC(=O)c1cccc([N+](=O)[O-])c1. The smallest absolute Gasteiger partial charge is 0.270 e. The first-order valence-corrected chi connectivity index (χ1v) is 5.56. The summed E-state index contributed by atoms with van der Waals surface area (Å²) in [6, 6.07) is 5.37. The summed E-state index contributed by atoms with van der Waals surface area (Å²) < 4.78 is 4.87. The highest BCUT2D eigenvalue weighted by molar-refractivity contribution is 5.96. The zero-order chi connectivity index (χ0) is 13.5. The Kier molecular flexibility index (Phi) is 5.41. The third kappa shape index (κ3) is 4.23. The summed E-state index contributed by atoms with van der Waals surface area (Å²) in [5, 5.41) is 10.6. The van der Waals surface area contributed by atoms with Crippen molar-refractivity contribution in [3.05, 3.63) is 39.9 Å². The molecule has 1 aromatic carbocycles. The molecule has 0 aliphatic carbocycles. The summed E-state index contributed by atoms with van der Waals surface area (Å²) in [5.74, 6) is -0.192. The number of carbonyl (C=O) groups excluding carboxylic acids is 1. The maximum atomic E-state index is 11.8. The Morgan fingerprint density at radius 1 is 1.56 bits per heavy atom. The van der Waals surface area contributed by atoms with Gasteiger partial charge in [-0.25, -0.2) is 0 Å². The quantitative estimate of drug-likeness (QED) is 0.451. The van der Waals surface area contributed by atoms with Gasteiger partial charge in [0.25, 0.3) is 5.69 Å². The fourth-order valence-corrected chi connectivity index (χ4v) is 1.52. The summed E-state index contributed by atoms with van der Waals surface area (Å²) in [6.07, 6.45) is 0.738. The van der Waals surface area contributed by atoms with Gasteiger partial charge in [0.05, 0.1) is 4.92 Å². The fourth-order valence-electron chi connectivity index (χ4n) is 1.52. The van der Waals surface area contributed by atoms with Crippen molar-refractivity contribution in [3.8, 4) is 0 Å². The van der Waals surface area contributed by atoms with Crippen LogP contribution in [0, 0.1) is 10.1 Å². The molecule has 0 amide bonds. The number of ketones is 1. The number of hydrogen-bond acceptors (Lipinski definition) is 5. The summed E-state index contributed by atoms with van der Waals surface area (Å²) >= 11 is 0. The third-order valence-corrected chi connectivity index (χ3v) is 2.52. The molecule has 1 aromatic rings. The molecular weight excluding hydrogens is 236 g/mol. The largest absolute Gasteiger partial charge is 0.385 e. The first-order valence-electron chi connectivity index (χ1n) is 5.56. The lowest BCUT2D eigenvalue weighted by atomic mass is 10.0. The predicted octanol–water partition coefficient (Wildman–Crippen LogP) is 1.53. The number of hydrogen-bond donors (Lipinski definition) is 1. The van der Waals surface area contributed by atoms with Crippen LogP contribution in [0.25, 0.3) is 0 Å². The van der Waals surface area contributed by atoms with Gasteiger partial charge in [-0.2, -0.15) is 0 Å². The Hall–Kier alpha value is -1.79. The van der Waals surface area contributed by atoms with Crippen LogP contribution in [-0.2, 0) is 4.74 Å². The van der Waals surface area contributed by atoms with Crippen molar-refractivity contribution in [3.63, 3.8) is 0 Å². The third-order valence-electron chi connectivity index (χ3n) is 2.52. The molecule has 0 heterocycles. The molecule has 0 bridgehead atoms. The van der Waals surface area contributed by atoms with E-state index in [9.17, 15) is 14.9 Å². The normalized spacial score (nSPS) is 12.1. The van der Waals surface area contributed by atoms with E-state index >= 15 is 0 Å². The molecule has 0 aromatic heterocycles. The fraction of sp³-hybridized carbons (Fsp3) is 0.417. The number of benzene rings is 1. The number of methoxy groups -OCH3 is 1. The van der Waals surface area contributed by atoms with Crippen molar-refractivity contribution in [2.75, 3.05) is 13.7 Å². The molecule has 0 aliphatic heterocycles. The minimum Gasteiger partial charge on any atom is -0.385 e. The van der Waals surface area contributed by atoms with Crippen LogP contribution < -0.4 is 5.73 Å². The van der Waals surface area contributed by atoms with E-state index in [4.69, 9.17) is 10.5 Å². The van der Waals surface area contributed by atoms with Crippen LogP contribution in [0.5, 0.6) is 0 Å². The van der Waals surface area contributed by atoms with Gasteiger partial charge in [-0.05, 0) is 6.42 Å². The second-order valence-corrected chi connectivity index (χ2v) is 3.98. The molecule has 0 saturated carbocycles. The van der Waals surface area contributed by atoms with Crippen LogP contribution in [0.3, 0.4) is 0 Å². The second kappa shape index (κ2) is 6.83. The van der Waals surface area contributed by atoms with Gasteiger partial charge in [0, 0.05) is 43.9 Å². The lowest BCUT2D eigenvalue weighted by Gasteiger charge is -2.09. The Bertz CT molecular complexity index is 434. The van der Waals surface area contributed by atoms with Crippen molar-refractivity contribution in [2.45, 2.75) is 18.9 Å². The molecule has 0 fully saturated rings. The van der Waals surface area contributed by atoms with Gasteiger partial charge in [0.2, 0.25) is 0 Å². The van der Waals surface area contributed by atoms with Crippen molar-refractivity contribution >= 4 is 11.5 Å². The monoisotopic (exact) mass is 252 g/mol. The molecule has 1 atom stereocenters. The molecule has 0 spiro atoms. The van der Waals surface area contributed by atoms with E-state index in [1.54, 1.807) is 13.2 Å². The lowest BCUT2D eigenvalue weighted by molar-refractivity contribution is -0.384. The number of non-ortho nitro benzene ring substituents is 1. The van der Waals surface area contributed by atoms with Crippen molar-refractivity contribution in [2.24, 2.45) is 5.73 Å². The van der Waals surface area contributed by atoms with Crippen LogP contribution in [0.15, 0.2) is 24.3 Å². The first-order chi connectivity index (χ1) is 8.54. The highest BCUT2D eigenvalue weighted by atomic mass is 16.6. The maximum Gasteiger partial charge on any atom is 0.270 e. The van der Waals surface area contributed by atoms with Crippen molar-refractivity contribution in [1.29, 1.82) is 0 Å². The summed E-state index contributed by atoms with van der Waals surface area (Å²) in [7, 11) is 1.56. The van der Waals surface area contributed by atoms with Crippen LogP contribution in [0.2, 0.25) is 0 Å². The van der Waals surface area contributed by atoms with Gasteiger partial charge in [0.15, 0.2) is 5.78 Å². The van der Waals surface area contributed by atoms with Crippen molar-refractivity contribution < 1.29 is 14.5 Å². The Morgan fingerprint density at radius 2 is 2.28 bits per heavy atom. The standard InChI is InChI=1S/C12H16N2O4/c1-18-6-5-10(13)8-12(15)9-3-2-4-11(7-9)14(16)17/h2-4,7,10H,5-6,8,13H2,1H3. The number of carbonyl (C=O) groups is 1. The molecule has 98 valence electrons. The molecule has 0 aliphatic rings. The number of nitrogens with two attached hydrogens (primary N) is 1. The molecule has 1 rings (SSSR count). The Morgan fingerprint density at radius 3 is 2.89 bits per heavy atom. The molecule has 0 radical (unpaired) electrons. The van der Waals surface area contributed by atoms with Crippen molar-refractivity contribution in [1.82, 2.24) is 0 Å². The summed E-state index contributed by atoms with van der Waals surface area (Å²) in [6.45, 7) is 0.489. The van der Waals surface area contributed by atoms with E-state index < -0.39 is 4.92 Å². The van der Waals surface area contributed by atoms with E-state index in [2.05, 4.69) is 0 Å². The zero-order valence-electron chi connectivity index (χ0n) is 10.2. The maximum absolute atomic E-state index is 11.8. The van der Waals surface area contributed by atoms with Gasteiger partial charge in [-0.1, -0.05) is 12.1 Å². The van der Waals surface area contributed by atoms with Crippen LogP contribution in [0.1, 0.15) is 23.2 Å². The number of ether oxygens (including phenoxy) is 1. The van der Waals surface area contributed by atoms with E-state index in [0.29, 0.717) is 18.6 Å². The highest BCUT2D eigenvalue weighted by Gasteiger charge is 2.14. The van der Waals surface area contributed by atoms with Gasteiger partial charge in [0.1, 0.15) is 0 Å². The molecular formula is C12H16N2O4. The zero-order valence-corrected chi connectivity index (χ0v) is 10.2. The summed E-state index contributed by atoms with van der Waals surface area (Å²) in [4.78, 5) is 21.9. The van der Waals surface area contributed by atoms with Gasteiger partial charge < -0.3 is 10.5 Å². The second-order valence-electron chi connectivity index (χ2n) is 3.98. The molecule has 1 unspecified atom stereocenters. The van der Waals surface area contributed by atoms with Gasteiger partial charge in [-0.15, -0.1) is 0 Å². The van der Waals surface area contributed by atoms with E-state index in [1.165, 1.54) is 18.2 Å². The predicted molar refractivity (Wildman–Crippen MR) is 66.5 cm³/mol. The average molecular weight is 252 g/mol. The number of nitrogens with zero attached hydrogens (tertiary/aromatic N) is 1. The number of rotatable bonds is 7. The Labute approximate surface area is 105 Å². The Balaban J connectivity index is 2.66. The van der Waals surface area contributed by atoms with Gasteiger partial charge >= 0.3 is 0 Å².